The normalized spacial score (nSPS) is 19.4. The molecule has 1 atom stereocenters. The van der Waals surface area contributed by atoms with Gasteiger partial charge in [0.05, 0.1) is 6.54 Å². The van der Waals surface area contributed by atoms with Crippen molar-refractivity contribution in [2.75, 3.05) is 13.1 Å². The molecule has 0 bridgehead atoms. The summed E-state index contributed by atoms with van der Waals surface area (Å²) in [5, 5.41) is 2.61. The molecule has 1 heterocycles. The number of carbonyl (C=O) groups is 3. The Kier molecular flexibility index (Phi) is 6.82. The van der Waals surface area contributed by atoms with Gasteiger partial charge in [-0.1, -0.05) is 43.7 Å². The lowest BCUT2D eigenvalue weighted by Gasteiger charge is -2.29. The molecule has 0 radical (unpaired) electrons. The third-order valence-corrected chi connectivity index (χ3v) is 4.56. The van der Waals surface area contributed by atoms with E-state index in [4.69, 9.17) is 9.47 Å². The molecule has 0 aromatic heterocycles. The van der Waals surface area contributed by atoms with Crippen molar-refractivity contribution in [1.82, 2.24) is 10.2 Å². The first-order chi connectivity index (χ1) is 12.8. The summed E-state index contributed by atoms with van der Waals surface area (Å²) in [6.45, 7) is 6.25. The highest BCUT2D eigenvalue weighted by atomic mass is 16.6. The SMILES string of the molecule is CCCC(C)(C)OC(=O)N1CC[C@](C=O)(NC(=O)OCc2ccccc2)C1. The summed E-state index contributed by atoms with van der Waals surface area (Å²) in [5.74, 6) is 0. The largest absolute Gasteiger partial charge is 0.445 e. The van der Waals surface area contributed by atoms with Crippen LogP contribution in [0.5, 0.6) is 0 Å². The Morgan fingerprint density at radius 1 is 1.30 bits per heavy atom. The van der Waals surface area contributed by atoms with Gasteiger partial charge in [-0.05, 0) is 32.3 Å². The minimum atomic E-state index is -1.15. The fourth-order valence-corrected chi connectivity index (χ4v) is 3.13. The van der Waals surface area contributed by atoms with Gasteiger partial charge in [0.25, 0.3) is 0 Å². The Balaban J connectivity index is 1.89. The smallest absolute Gasteiger partial charge is 0.410 e. The zero-order chi connectivity index (χ0) is 19.9. The minimum absolute atomic E-state index is 0.0674. The van der Waals surface area contributed by atoms with Crippen molar-refractivity contribution in [2.24, 2.45) is 0 Å². The van der Waals surface area contributed by atoms with Crippen LogP contribution in [0.15, 0.2) is 30.3 Å². The minimum Gasteiger partial charge on any atom is -0.445 e. The Labute approximate surface area is 160 Å². The number of likely N-dealkylation sites (tertiary alicyclic amines) is 1. The van der Waals surface area contributed by atoms with E-state index in [0.29, 0.717) is 19.3 Å². The first kappa shape index (κ1) is 20.7. The molecular weight excluding hydrogens is 348 g/mol. The van der Waals surface area contributed by atoms with Gasteiger partial charge in [0.2, 0.25) is 0 Å². The van der Waals surface area contributed by atoms with Crippen molar-refractivity contribution in [1.29, 1.82) is 0 Å². The Morgan fingerprint density at radius 2 is 2.00 bits per heavy atom. The third kappa shape index (κ3) is 5.98. The van der Waals surface area contributed by atoms with E-state index in [0.717, 1.165) is 18.4 Å². The van der Waals surface area contributed by atoms with Gasteiger partial charge < -0.3 is 24.5 Å². The van der Waals surface area contributed by atoms with Crippen LogP contribution < -0.4 is 5.32 Å². The molecule has 7 nitrogen and oxygen atoms in total. The highest BCUT2D eigenvalue weighted by molar-refractivity contribution is 5.79. The van der Waals surface area contributed by atoms with Crippen molar-refractivity contribution in [3.63, 3.8) is 0 Å². The predicted molar refractivity (Wildman–Crippen MR) is 100 cm³/mol. The van der Waals surface area contributed by atoms with Gasteiger partial charge in [-0.2, -0.15) is 0 Å². The fraction of sp³-hybridized carbons (Fsp3) is 0.550. The van der Waals surface area contributed by atoms with E-state index in [9.17, 15) is 14.4 Å². The zero-order valence-electron chi connectivity index (χ0n) is 16.2. The van der Waals surface area contributed by atoms with E-state index >= 15 is 0 Å². The number of carbonyl (C=O) groups excluding carboxylic acids is 3. The summed E-state index contributed by atoms with van der Waals surface area (Å²) < 4.78 is 10.7. The van der Waals surface area contributed by atoms with Crippen molar-refractivity contribution in [3.8, 4) is 0 Å². The number of ether oxygens (including phenoxy) is 2. The molecule has 2 rings (SSSR count). The summed E-state index contributed by atoms with van der Waals surface area (Å²) in [6.07, 6.45) is 1.47. The topological polar surface area (TPSA) is 84.9 Å². The number of aldehydes is 1. The fourth-order valence-electron chi connectivity index (χ4n) is 3.13. The summed E-state index contributed by atoms with van der Waals surface area (Å²) in [7, 11) is 0. The van der Waals surface area contributed by atoms with Crippen LogP contribution in [0.3, 0.4) is 0 Å². The average Bonchev–Trinajstić information content (AvgIpc) is 3.05. The standard InChI is InChI=1S/C20H28N2O5/c1-4-10-19(2,3)27-18(25)22-12-11-20(14-22,15-23)21-17(24)26-13-16-8-6-5-7-9-16/h5-9,15H,4,10-14H2,1-3H3,(H,21,24)/t20-/m0/s1. The number of alkyl carbamates (subject to hydrolysis) is 1. The summed E-state index contributed by atoms with van der Waals surface area (Å²) >= 11 is 0. The van der Waals surface area contributed by atoms with Crippen LogP contribution in [0.1, 0.15) is 45.6 Å². The lowest BCUT2D eigenvalue weighted by Crippen LogP contribution is -2.52. The zero-order valence-corrected chi connectivity index (χ0v) is 16.2. The Hall–Kier alpha value is -2.57. The first-order valence-electron chi connectivity index (χ1n) is 9.22. The lowest BCUT2D eigenvalue weighted by molar-refractivity contribution is -0.112. The number of amides is 2. The van der Waals surface area contributed by atoms with E-state index in [1.165, 1.54) is 4.90 Å². The molecule has 1 aliphatic rings. The molecule has 0 spiro atoms. The highest BCUT2D eigenvalue weighted by Gasteiger charge is 2.43. The first-order valence-corrected chi connectivity index (χ1v) is 9.22. The molecular formula is C20H28N2O5. The quantitative estimate of drug-likeness (QED) is 0.738. The van der Waals surface area contributed by atoms with E-state index in [-0.39, 0.29) is 13.2 Å². The van der Waals surface area contributed by atoms with Crippen LogP contribution in [-0.4, -0.2) is 47.6 Å². The van der Waals surface area contributed by atoms with Crippen molar-refractivity contribution < 1.29 is 23.9 Å². The van der Waals surface area contributed by atoms with Crippen molar-refractivity contribution in [2.45, 2.75) is 57.8 Å². The van der Waals surface area contributed by atoms with Gasteiger partial charge >= 0.3 is 12.2 Å². The monoisotopic (exact) mass is 376 g/mol. The van der Waals surface area contributed by atoms with Crippen LogP contribution >= 0.6 is 0 Å². The second-order valence-electron chi connectivity index (χ2n) is 7.51. The van der Waals surface area contributed by atoms with Crippen LogP contribution in [0.2, 0.25) is 0 Å². The summed E-state index contributed by atoms with van der Waals surface area (Å²) in [4.78, 5) is 37.6. The average molecular weight is 376 g/mol. The number of nitrogens with zero attached hydrogens (tertiary/aromatic N) is 1. The van der Waals surface area contributed by atoms with Gasteiger partial charge in [0, 0.05) is 6.54 Å². The Bertz CT molecular complexity index is 662. The molecule has 1 fully saturated rings. The van der Waals surface area contributed by atoms with E-state index in [1.54, 1.807) is 0 Å². The molecule has 1 aromatic carbocycles. The second kappa shape index (κ2) is 8.88. The third-order valence-electron chi connectivity index (χ3n) is 4.56. The molecule has 27 heavy (non-hydrogen) atoms. The van der Waals surface area contributed by atoms with E-state index < -0.39 is 23.3 Å². The molecule has 0 aliphatic carbocycles. The highest BCUT2D eigenvalue weighted by Crippen LogP contribution is 2.24. The summed E-state index contributed by atoms with van der Waals surface area (Å²) in [6, 6.07) is 9.26. The van der Waals surface area contributed by atoms with E-state index in [1.807, 2.05) is 51.1 Å². The number of benzene rings is 1. The van der Waals surface area contributed by atoms with Crippen LogP contribution in [0.4, 0.5) is 9.59 Å². The maximum Gasteiger partial charge on any atom is 0.410 e. The number of rotatable bonds is 7. The molecule has 1 aliphatic heterocycles. The number of hydrogen-bond acceptors (Lipinski definition) is 5. The van der Waals surface area contributed by atoms with Gasteiger partial charge in [0.15, 0.2) is 0 Å². The van der Waals surface area contributed by atoms with Crippen molar-refractivity contribution >= 4 is 18.5 Å². The molecule has 2 amide bonds. The van der Waals surface area contributed by atoms with Gasteiger partial charge in [-0.25, -0.2) is 9.59 Å². The summed E-state index contributed by atoms with van der Waals surface area (Å²) in [5.41, 5.74) is -0.871. The molecule has 1 N–H and O–H groups in total. The molecule has 7 heteroatoms. The predicted octanol–water partition coefficient (Wildman–Crippen LogP) is 3.27. The molecule has 1 saturated heterocycles. The van der Waals surface area contributed by atoms with Crippen LogP contribution in [0, 0.1) is 0 Å². The van der Waals surface area contributed by atoms with Crippen LogP contribution in [0.25, 0.3) is 0 Å². The number of hydrogen-bond donors (Lipinski definition) is 1. The van der Waals surface area contributed by atoms with E-state index in [2.05, 4.69) is 5.32 Å². The second-order valence-corrected chi connectivity index (χ2v) is 7.51. The Morgan fingerprint density at radius 3 is 2.63 bits per heavy atom. The molecule has 148 valence electrons. The number of nitrogens with one attached hydrogen (secondary N) is 1. The maximum atomic E-state index is 12.4. The lowest BCUT2D eigenvalue weighted by atomic mass is 10.0. The maximum absolute atomic E-state index is 12.4. The molecule has 0 unspecified atom stereocenters. The van der Waals surface area contributed by atoms with Crippen molar-refractivity contribution in [3.05, 3.63) is 35.9 Å². The molecule has 1 aromatic rings. The van der Waals surface area contributed by atoms with Gasteiger partial charge in [-0.3, -0.25) is 0 Å². The molecule has 0 saturated carbocycles. The van der Waals surface area contributed by atoms with Gasteiger partial charge in [-0.15, -0.1) is 0 Å². The van der Waals surface area contributed by atoms with Crippen LogP contribution in [-0.2, 0) is 20.9 Å². The van der Waals surface area contributed by atoms with Gasteiger partial charge in [0.1, 0.15) is 24.0 Å².